The van der Waals surface area contributed by atoms with Crippen LogP contribution in [0.3, 0.4) is 0 Å². The zero-order valence-corrected chi connectivity index (χ0v) is 9.29. The van der Waals surface area contributed by atoms with Gasteiger partial charge in [0.25, 0.3) is 0 Å². The smallest absolute Gasteiger partial charge is 0.192 e. The van der Waals surface area contributed by atoms with Crippen LogP contribution in [0, 0.1) is 12.1 Å². The molecule has 2 aromatic heterocycles. The predicted octanol–water partition coefficient (Wildman–Crippen LogP) is 2.12. The van der Waals surface area contributed by atoms with Crippen molar-refractivity contribution in [1.82, 2.24) is 0 Å². The second-order valence-corrected chi connectivity index (χ2v) is 3.60. The lowest BCUT2D eigenvalue weighted by Crippen LogP contribution is -2.25. The second-order valence-electron chi connectivity index (χ2n) is 3.60. The minimum absolute atomic E-state index is 0.232. The summed E-state index contributed by atoms with van der Waals surface area (Å²) in [4.78, 5) is 11.7. The van der Waals surface area contributed by atoms with Gasteiger partial charge in [-0.2, -0.15) is 4.73 Å². The first kappa shape index (κ1) is 11.1. The summed E-state index contributed by atoms with van der Waals surface area (Å²) >= 11 is 0. The average molecular weight is 229 g/mol. The average Bonchev–Trinajstić information content (AvgIpc) is 2.72. The van der Waals surface area contributed by atoms with Gasteiger partial charge < -0.3 is 9.62 Å². The van der Waals surface area contributed by atoms with E-state index in [2.05, 4.69) is 0 Å². The van der Waals surface area contributed by atoms with Gasteiger partial charge in [0.2, 0.25) is 0 Å². The summed E-state index contributed by atoms with van der Waals surface area (Å²) in [5.41, 5.74) is 0.349. The topological polar surface area (TPSA) is 57.1 Å². The molecule has 0 aliphatic carbocycles. The monoisotopic (exact) mass is 229 g/mol. The fourth-order valence-electron chi connectivity index (χ4n) is 1.40. The maximum Gasteiger partial charge on any atom is 0.192 e. The number of aromatic nitrogens is 1. The molecule has 2 aromatic rings. The number of nitrogens with zero attached hydrogens (tertiary/aromatic N) is 1. The molecule has 0 radical (unpaired) electrons. The third-order valence-electron chi connectivity index (χ3n) is 2.22. The number of hydrogen-bond donors (Lipinski definition) is 0. The van der Waals surface area contributed by atoms with Crippen LogP contribution < -0.4 is 4.73 Å². The lowest BCUT2D eigenvalue weighted by molar-refractivity contribution is -0.605. The van der Waals surface area contributed by atoms with Crippen LogP contribution in [0.4, 0.5) is 0 Å². The molecule has 0 N–H and O–H groups in total. The number of rotatable bonds is 3. The van der Waals surface area contributed by atoms with Crippen LogP contribution in [-0.4, -0.2) is 5.78 Å². The van der Waals surface area contributed by atoms with Gasteiger partial charge in [-0.05, 0) is 37.3 Å². The number of furan rings is 1. The minimum atomic E-state index is -0.232. The van der Waals surface area contributed by atoms with Gasteiger partial charge >= 0.3 is 0 Å². The van der Waals surface area contributed by atoms with Crippen molar-refractivity contribution in [3.63, 3.8) is 0 Å². The van der Waals surface area contributed by atoms with Crippen molar-refractivity contribution in [2.75, 3.05) is 0 Å². The molecule has 0 spiro atoms. The van der Waals surface area contributed by atoms with E-state index in [0.717, 1.165) is 5.76 Å². The Morgan fingerprint density at radius 1 is 1.41 bits per heavy atom. The van der Waals surface area contributed by atoms with E-state index in [4.69, 9.17) is 4.42 Å². The van der Waals surface area contributed by atoms with Gasteiger partial charge in [0, 0.05) is 6.07 Å². The molecule has 4 heteroatoms. The molecule has 4 nitrogen and oxygen atoms in total. The number of carbonyl (C=O) groups excluding carboxylic acids is 1. The summed E-state index contributed by atoms with van der Waals surface area (Å²) in [6.45, 7) is 1.83. The zero-order chi connectivity index (χ0) is 12.3. The van der Waals surface area contributed by atoms with E-state index in [-0.39, 0.29) is 5.78 Å². The van der Waals surface area contributed by atoms with Crippen LogP contribution in [0.25, 0.3) is 6.08 Å². The van der Waals surface area contributed by atoms with E-state index in [1.165, 1.54) is 24.5 Å². The van der Waals surface area contributed by atoms with Gasteiger partial charge in [-0.1, -0.05) is 0 Å². The van der Waals surface area contributed by atoms with E-state index in [1.54, 1.807) is 18.2 Å². The molecule has 0 aliphatic rings. The Morgan fingerprint density at radius 3 is 2.88 bits per heavy atom. The normalized spacial score (nSPS) is 10.9. The SMILES string of the molecule is Cc1ccc(C=CC(=O)c2ccc[n+]([O-])c2)o1. The van der Waals surface area contributed by atoms with Crippen molar-refractivity contribution < 1.29 is 13.9 Å². The summed E-state index contributed by atoms with van der Waals surface area (Å²) in [7, 11) is 0. The van der Waals surface area contributed by atoms with E-state index < -0.39 is 0 Å². The van der Waals surface area contributed by atoms with Crippen molar-refractivity contribution >= 4 is 11.9 Å². The zero-order valence-electron chi connectivity index (χ0n) is 9.29. The van der Waals surface area contributed by atoms with E-state index in [9.17, 15) is 10.0 Å². The van der Waals surface area contributed by atoms with Crippen molar-refractivity contribution in [3.8, 4) is 0 Å². The molecule has 0 bridgehead atoms. The summed E-state index contributed by atoms with van der Waals surface area (Å²) in [6.07, 6.45) is 5.53. The van der Waals surface area contributed by atoms with Crippen molar-refractivity contribution in [2.24, 2.45) is 0 Å². The second kappa shape index (κ2) is 4.65. The molecular weight excluding hydrogens is 218 g/mol. The first-order valence-corrected chi connectivity index (χ1v) is 5.13. The molecule has 0 amide bonds. The van der Waals surface area contributed by atoms with Crippen LogP contribution in [0.5, 0.6) is 0 Å². The molecular formula is C13H11NO3. The molecule has 2 heterocycles. The van der Waals surface area contributed by atoms with Gasteiger partial charge in [-0.3, -0.25) is 4.79 Å². The summed E-state index contributed by atoms with van der Waals surface area (Å²) in [6, 6.07) is 6.72. The van der Waals surface area contributed by atoms with E-state index in [1.807, 2.05) is 13.0 Å². The van der Waals surface area contributed by atoms with Crippen LogP contribution in [0.1, 0.15) is 21.9 Å². The Labute approximate surface area is 98.4 Å². The van der Waals surface area contributed by atoms with Gasteiger partial charge in [-0.15, -0.1) is 0 Å². The van der Waals surface area contributed by atoms with Crippen molar-refractivity contribution in [1.29, 1.82) is 0 Å². The molecule has 0 aliphatic heterocycles. The molecule has 0 atom stereocenters. The molecule has 17 heavy (non-hydrogen) atoms. The number of aryl methyl sites for hydroxylation is 1. The Hall–Kier alpha value is -2.36. The third-order valence-corrected chi connectivity index (χ3v) is 2.22. The Bertz CT molecular complexity index is 570. The van der Waals surface area contributed by atoms with Crippen molar-refractivity contribution in [2.45, 2.75) is 6.92 Å². The fraction of sp³-hybridized carbons (Fsp3) is 0.0769. The fourth-order valence-corrected chi connectivity index (χ4v) is 1.40. The van der Waals surface area contributed by atoms with Gasteiger partial charge in [0.1, 0.15) is 11.5 Å². The lowest BCUT2D eigenvalue weighted by Gasteiger charge is -1.96. The number of allylic oxidation sites excluding steroid dienone is 1. The molecule has 0 saturated heterocycles. The summed E-state index contributed by atoms with van der Waals surface area (Å²) in [5, 5.41) is 11.0. The maximum atomic E-state index is 11.7. The number of carbonyl (C=O) groups is 1. The summed E-state index contributed by atoms with van der Waals surface area (Å²) < 4.78 is 5.88. The van der Waals surface area contributed by atoms with Crippen LogP contribution in [0.2, 0.25) is 0 Å². The first-order chi connectivity index (χ1) is 8.15. The molecule has 86 valence electrons. The number of hydrogen-bond acceptors (Lipinski definition) is 3. The van der Waals surface area contributed by atoms with Crippen LogP contribution >= 0.6 is 0 Å². The molecule has 0 fully saturated rings. The predicted molar refractivity (Wildman–Crippen MR) is 62.2 cm³/mol. The standard InChI is InChI=1S/C13H11NO3/c1-10-4-5-12(17-10)6-7-13(15)11-3-2-8-14(16)9-11/h2-9H,1H3. The number of pyridine rings is 1. The van der Waals surface area contributed by atoms with Crippen molar-refractivity contribution in [3.05, 3.63) is 65.0 Å². The number of ketones is 1. The quantitative estimate of drug-likeness (QED) is 0.350. The third kappa shape index (κ3) is 2.81. The van der Waals surface area contributed by atoms with Crippen LogP contribution in [0.15, 0.2) is 47.2 Å². The highest BCUT2D eigenvalue weighted by Gasteiger charge is 2.05. The van der Waals surface area contributed by atoms with Gasteiger partial charge in [-0.25, -0.2) is 0 Å². The molecule has 0 aromatic carbocycles. The molecule has 0 unspecified atom stereocenters. The highest BCUT2D eigenvalue weighted by Crippen LogP contribution is 2.08. The van der Waals surface area contributed by atoms with Crippen LogP contribution in [-0.2, 0) is 0 Å². The Morgan fingerprint density at radius 2 is 2.24 bits per heavy atom. The van der Waals surface area contributed by atoms with E-state index >= 15 is 0 Å². The lowest BCUT2D eigenvalue weighted by atomic mass is 10.2. The maximum absolute atomic E-state index is 11.7. The van der Waals surface area contributed by atoms with Gasteiger partial charge in [0.15, 0.2) is 18.2 Å². The molecule has 2 rings (SSSR count). The van der Waals surface area contributed by atoms with Gasteiger partial charge in [0.05, 0.1) is 5.56 Å². The minimum Gasteiger partial charge on any atom is -0.619 e. The Kier molecular flexibility index (Phi) is 3.05. The molecule has 0 saturated carbocycles. The highest BCUT2D eigenvalue weighted by atomic mass is 16.5. The first-order valence-electron chi connectivity index (χ1n) is 5.13. The summed E-state index contributed by atoms with van der Waals surface area (Å²) in [5.74, 6) is 1.17. The Balaban J connectivity index is 2.14. The highest BCUT2D eigenvalue weighted by molar-refractivity contribution is 6.06. The van der Waals surface area contributed by atoms with E-state index in [0.29, 0.717) is 16.1 Å². The largest absolute Gasteiger partial charge is 0.619 e.